The summed E-state index contributed by atoms with van der Waals surface area (Å²) in [5.41, 5.74) is 2.82. The molecule has 1 aromatic rings. The molecule has 0 heterocycles. The summed E-state index contributed by atoms with van der Waals surface area (Å²) in [5, 5.41) is 3.59. The Labute approximate surface area is 122 Å². The quantitative estimate of drug-likeness (QED) is 0.693. The van der Waals surface area contributed by atoms with E-state index < -0.39 is 0 Å². The fourth-order valence-corrected chi connectivity index (χ4v) is 2.85. The number of ether oxygens (including phenoxy) is 1. The van der Waals surface area contributed by atoms with Gasteiger partial charge in [-0.05, 0) is 49.3 Å². The van der Waals surface area contributed by atoms with E-state index in [1.54, 1.807) is 0 Å². The minimum absolute atomic E-state index is 0.784. The zero-order chi connectivity index (χ0) is 13.6. The van der Waals surface area contributed by atoms with Gasteiger partial charge in [0.05, 0.1) is 6.61 Å². The second-order valence-corrected chi connectivity index (χ2v) is 6.39. The standard InChI is InChI=1S/C18H27NO/c1-2-7-17(14-20-13-11-15-4-3-5-15)16(6-1)10-12-19-18-8-9-18/h1-2,6-7,15,18-19H,3-5,8-14H2. The smallest absolute Gasteiger partial charge is 0.0719 e. The summed E-state index contributed by atoms with van der Waals surface area (Å²) < 4.78 is 5.89. The molecular weight excluding hydrogens is 246 g/mol. The van der Waals surface area contributed by atoms with Gasteiger partial charge in [0.2, 0.25) is 0 Å². The lowest BCUT2D eigenvalue weighted by Gasteiger charge is -2.25. The van der Waals surface area contributed by atoms with Crippen LogP contribution >= 0.6 is 0 Å². The molecule has 20 heavy (non-hydrogen) atoms. The highest BCUT2D eigenvalue weighted by atomic mass is 16.5. The SMILES string of the molecule is c1ccc(COCCC2CCC2)c(CCNC2CC2)c1. The van der Waals surface area contributed by atoms with Gasteiger partial charge in [0.25, 0.3) is 0 Å². The normalized spacial score (nSPS) is 19.0. The van der Waals surface area contributed by atoms with Crippen LogP contribution in [0, 0.1) is 5.92 Å². The van der Waals surface area contributed by atoms with E-state index in [9.17, 15) is 0 Å². The molecule has 0 saturated heterocycles. The van der Waals surface area contributed by atoms with Crippen molar-refractivity contribution in [3.05, 3.63) is 35.4 Å². The molecule has 2 aliphatic carbocycles. The summed E-state index contributed by atoms with van der Waals surface area (Å²) in [7, 11) is 0. The Kier molecular flexibility index (Phi) is 5.10. The molecule has 0 radical (unpaired) electrons. The molecule has 0 unspecified atom stereocenters. The number of hydrogen-bond acceptors (Lipinski definition) is 2. The highest BCUT2D eigenvalue weighted by molar-refractivity contribution is 5.26. The van der Waals surface area contributed by atoms with Crippen molar-refractivity contribution >= 4 is 0 Å². The predicted octanol–water partition coefficient (Wildman–Crippen LogP) is 3.69. The predicted molar refractivity (Wildman–Crippen MR) is 82.8 cm³/mol. The Hall–Kier alpha value is -0.860. The van der Waals surface area contributed by atoms with Gasteiger partial charge in [0.1, 0.15) is 0 Å². The molecule has 110 valence electrons. The van der Waals surface area contributed by atoms with Gasteiger partial charge in [-0.25, -0.2) is 0 Å². The van der Waals surface area contributed by atoms with E-state index in [2.05, 4.69) is 29.6 Å². The number of rotatable bonds is 9. The van der Waals surface area contributed by atoms with Crippen LogP contribution < -0.4 is 5.32 Å². The Morgan fingerprint density at radius 3 is 2.55 bits per heavy atom. The Bertz CT molecular complexity index is 410. The van der Waals surface area contributed by atoms with Crippen molar-refractivity contribution in [2.24, 2.45) is 5.92 Å². The second kappa shape index (κ2) is 7.24. The molecular formula is C18H27NO. The first-order chi connectivity index (χ1) is 9.92. The molecule has 2 saturated carbocycles. The Morgan fingerprint density at radius 2 is 1.85 bits per heavy atom. The lowest BCUT2D eigenvalue weighted by Crippen LogP contribution is -2.19. The van der Waals surface area contributed by atoms with E-state index in [0.29, 0.717) is 0 Å². The van der Waals surface area contributed by atoms with Gasteiger partial charge >= 0.3 is 0 Å². The lowest BCUT2D eigenvalue weighted by atomic mass is 9.83. The van der Waals surface area contributed by atoms with Crippen LogP contribution in [0.4, 0.5) is 0 Å². The molecule has 2 aliphatic rings. The summed E-state index contributed by atoms with van der Waals surface area (Å²) >= 11 is 0. The van der Waals surface area contributed by atoms with Crippen LogP contribution in [0.3, 0.4) is 0 Å². The summed E-state index contributed by atoms with van der Waals surface area (Å²) in [6, 6.07) is 9.54. The third-order valence-corrected chi connectivity index (χ3v) is 4.68. The minimum Gasteiger partial charge on any atom is -0.377 e. The van der Waals surface area contributed by atoms with Crippen molar-refractivity contribution in [1.82, 2.24) is 5.32 Å². The maximum absolute atomic E-state index is 5.89. The van der Waals surface area contributed by atoms with E-state index in [-0.39, 0.29) is 0 Å². The fourth-order valence-electron chi connectivity index (χ4n) is 2.85. The third kappa shape index (κ3) is 4.32. The van der Waals surface area contributed by atoms with Gasteiger partial charge in [-0.2, -0.15) is 0 Å². The zero-order valence-electron chi connectivity index (χ0n) is 12.4. The molecule has 0 aliphatic heterocycles. The van der Waals surface area contributed by atoms with Gasteiger partial charge in [0.15, 0.2) is 0 Å². The molecule has 2 fully saturated rings. The summed E-state index contributed by atoms with van der Waals surface area (Å²) in [6.45, 7) is 2.81. The van der Waals surface area contributed by atoms with E-state index in [4.69, 9.17) is 4.74 Å². The largest absolute Gasteiger partial charge is 0.377 e. The first-order valence-electron chi connectivity index (χ1n) is 8.30. The molecule has 0 spiro atoms. The maximum atomic E-state index is 5.89. The van der Waals surface area contributed by atoms with Crippen LogP contribution in [0.15, 0.2) is 24.3 Å². The van der Waals surface area contributed by atoms with Crippen LogP contribution in [-0.4, -0.2) is 19.2 Å². The minimum atomic E-state index is 0.784. The van der Waals surface area contributed by atoms with Crippen molar-refractivity contribution in [2.75, 3.05) is 13.2 Å². The van der Waals surface area contributed by atoms with E-state index >= 15 is 0 Å². The van der Waals surface area contributed by atoms with Crippen LogP contribution in [0.2, 0.25) is 0 Å². The van der Waals surface area contributed by atoms with Gasteiger partial charge in [-0.1, -0.05) is 43.5 Å². The van der Waals surface area contributed by atoms with Crippen molar-refractivity contribution in [3.8, 4) is 0 Å². The Morgan fingerprint density at radius 1 is 1.05 bits per heavy atom. The lowest BCUT2D eigenvalue weighted by molar-refractivity contribution is 0.0945. The van der Waals surface area contributed by atoms with Crippen molar-refractivity contribution in [2.45, 2.75) is 57.6 Å². The third-order valence-electron chi connectivity index (χ3n) is 4.68. The van der Waals surface area contributed by atoms with E-state index in [0.717, 1.165) is 38.1 Å². The number of hydrogen-bond donors (Lipinski definition) is 1. The number of benzene rings is 1. The molecule has 2 heteroatoms. The molecule has 0 amide bonds. The van der Waals surface area contributed by atoms with Crippen LogP contribution in [0.1, 0.15) is 49.7 Å². The highest BCUT2D eigenvalue weighted by Crippen LogP contribution is 2.29. The van der Waals surface area contributed by atoms with Gasteiger partial charge in [-0.3, -0.25) is 0 Å². The molecule has 0 bridgehead atoms. The molecule has 1 N–H and O–H groups in total. The number of nitrogens with one attached hydrogen (secondary N) is 1. The van der Waals surface area contributed by atoms with Gasteiger partial charge in [-0.15, -0.1) is 0 Å². The first-order valence-corrected chi connectivity index (χ1v) is 8.30. The maximum Gasteiger partial charge on any atom is 0.0719 e. The topological polar surface area (TPSA) is 21.3 Å². The molecule has 3 rings (SSSR count). The monoisotopic (exact) mass is 273 g/mol. The summed E-state index contributed by atoms with van der Waals surface area (Å²) in [6.07, 6.45) is 9.39. The molecule has 1 aromatic carbocycles. The molecule has 2 nitrogen and oxygen atoms in total. The average molecular weight is 273 g/mol. The van der Waals surface area contributed by atoms with Crippen molar-refractivity contribution < 1.29 is 4.74 Å². The van der Waals surface area contributed by atoms with E-state index in [1.165, 1.54) is 49.7 Å². The Balaban J connectivity index is 1.39. The second-order valence-electron chi connectivity index (χ2n) is 6.39. The van der Waals surface area contributed by atoms with Crippen molar-refractivity contribution in [3.63, 3.8) is 0 Å². The highest BCUT2D eigenvalue weighted by Gasteiger charge is 2.19. The van der Waals surface area contributed by atoms with Crippen LogP contribution in [-0.2, 0) is 17.8 Å². The van der Waals surface area contributed by atoms with E-state index in [1.807, 2.05) is 0 Å². The van der Waals surface area contributed by atoms with Crippen LogP contribution in [0.5, 0.6) is 0 Å². The van der Waals surface area contributed by atoms with Crippen molar-refractivity contribution in [1.29, 1.82) is 0 Å². The van der Waals surface area contributed by atoms with Gasteiger partial charge < -0.3 is 10.1 Å². The van der Waals surface area contributed by atoms with Gasteiger partial charge in [0, 0.05) is 12.6 Å². The zero-order valence-corrected chi connectivity index (χ0v) is 12.4. The molecule has 0 aromatic heterocycles. The summed E-state index contributed by atoms with van der Waals surface area (Å²) in [5.74, 6) is 0.952. The average Bonchev–Trinajstić information content (AvgIpc) is 3.22. The summed E-state index contributed by atoms with van der Waals surface area (Å²) in [4.78, 5) is 0. The fraction of sp³-hybridized carbons (Fsp3) is 0.667. The first kappa shape index (κ1) is 14.1. The molecule has 0 atom stereocenters. The van der Waals surface area contributed by atoms with Crippen LogP contribution in [0.25, 0.3) is 0 Å².